The number of benzene rings is 3. The number of carboxylic acid groups (broad SMARTS) is 1. The van der Waals surface area contributed by atoms with Gasteiger partial charge in [-0.05, 0) is 52.8 Å². The average Bonchev–Trinajstić information content (AvgIpc) is 3.69. The maximum absolute atomic E-state index is 13.7. The van der Waals surface area contributed by atoms with Crippen molar-refractivity contribution >= 4 is 29.1 Å². The predicted molar refractivity (Wildman–Crippen MR) is 215 cm³/mol. The zero-order chi connectivity index (χ0) is 38.5. The van der Waals surface area contributed by atoms with Crippen molar-refractivity contribution in [2.45, 2.75) is 90.1 Å². The number of amides is 2. The van der Waals surface area contributed by atoms with Gasteiger partial charge in [-0.2, -0.15) is 0 Å². The van der Waals surface area contributed by atoms with Crippen LogP contribution in [0.4, 0.5) is 0 Å². The van der Waals surface area contributed by atoms with E-state index >= 15 is 0 Å². The van der Waals surface area contributed by atoms with E-state index in [1.165, 1.54) is 37.0 Å². The molecule has 0 radical (unpaired) electrons. The summed E-state index contributed by atoms with van der Waals surface area (Å²) in [4.78, 5) is 50.1. The van der Waals surface area contributed by atoms with E-state index in [1.54, 1.807) is 18.5 Å². The molecule has 2 amide bonds. The van der Waals surface area contributed by atoms with Crippen LogP contribution in [0.25, 0.3) is 22.5 Å². The lowest BCUT2D eigenvalue weighted by atomic mass is 9.95. The smallest absolute Gasteiger partial charge is 0.326 e. The third-order valence-corrected chi connectivity index (χ3v) is 10.6. The van der Waals surface area contributed by atoms with Gasteiger partial charge < -0.3 is 20.5 Å². The third kappa shape index (κ3) is 11.6. The zero-order valence-corrected chi connectivity index (χ0v) is 32.3. The average molecular weight is 747 g/mol. The van der Waals surface area contributed by atoms with Gasteiger partial charge in [-0.25, -0.2) is 14.8 Å². The van der Waals surface area contributed by atoms with Gasteiger partial charge in [0.05, 0.1) is 11.5 Å². The molecule has 10 heteroatoms. The molecule has 3 aromatic carbocycles. The van der Waals surface area contributed by atoms with Gasteiger partial charge in [-0.15, -0.1) is 11.3 Å². The standard InChI is InChI=1S/C44H50N4O5S/c1-5-6-7-8-12-25-53-35-21-19-32(20-22-35)34-28-45-40(46-29-34)33-17-15-31(16-18-33)26-36(47-42(50)38-23-24-39(54-38)44(2,3)4)41(49)48-37(43(51)52)27-30-13-10-9-11-14-30/h9-11,13-24,28-29,36-37H,5-8,12,25-27H2,1-4H3,(H,47,50)(H,48,49)(H,51,52)/t36-,37-/m0/s1. The Hall–Kier alpha value is -5.35. The second kappa shape index (κ2) is 19.1. The van der Waals surface area contributed by atoms with Gasteiger partial charge >= 0.3 is 5.97 Å². The summed E-state index contributed by atoms with van der Waals surface area (Å²) in [6, 6.07) is 26.0. The van der Waals surface area contributed by atoms with Crippen molar-refractivity contribution in [2.24, 2.45) is 0 Å². The molecule has 0 saturated heterocycles. The van der Waals surface area contributed by atoms with Crippen LogP contribution in [0.2, 0.25) is 0 Å². The molecule has 0 bridgehead atoms. The van der Waals surface area contributed by atoms with Crippen LogP contribution in [0.3, 0.4) is 0 Å². The molecule has 0 fully saturated rings. The topological polar surface area (TPSA) is 131 Å². The molecule has 0 saturated carbocycles. The number of thiophene rings is 1. The van der Waals surface area contributed by atoms with Crippen LogP contribution in [0.1, 0.15) is 85.5 Å². The molecule has 54 heavy (non-hydrogen) atoms. The zero-order valence-electron chi connectivity index (χ0n) is 31.5. The monoisotopic (exact) mass is 746 g/mol. The van der Waals surface area contributed by atoms with E-state index in [-0.39, 0.29) is 18.3 Å². The van der Waals surface area contributed by atoms with Gasteiger partial charge in [0.2, 0.25) is 5.91 Å². The van der Waals surface area contributed by atoms with Gasteiger partial charge in [0.25, 0.3) is 5.91 Å². The van der Waals surface area contributed by atoms with Crippen LogP contribution in [-0.4, -0.2) is 51.5 Å². The molecule has 5 rings (SSSR count). The Labute approximate surface area is 322 Å². The van der Waals surface area contributed by atoms with E-state index in [4.69, 9.17) is 4.74 Å². The van der Waals surface area contributed by atoms with E-state index in [1.807, 2.05) is 84.9 Å². The van der Waals surface area contributed by atoms with E-state index < -0.39 is 29.9 Å². The summed E-state index contributed by atoms with van der Waals surface area (Å²) in [6.07, 6.45) is 9.83. The highest BCUT2D eigenvalue weighted by molar-refractivity contribution is 7.14. The van der Waals surface area contributed by atoms with Crippen molar-refractivity contribution < 1.29 is 24.2 Å². The number of carbonyl (C=O) groups excluding carboxylic acids is 2. The summed E-state index contributed by atoms with van der Waals surface area (Å²) in [5.41, 5.74) is 4.08. The first-order valence-corrected chi connectivity index (χ1v) is 19.4. The maximum Gasteiger partial charge on any atom is 0.326 e. The molecular formula is C44H50N4O5S. The number of hydrogen-bond donors (Lipinski definition) is 3. The predicted octanol–water partition coefficient (Wildman–Crippen LogP) is 8.67. The molecule has 0 spiro atoms. The molecule has 0 aliphatic carbocycles. The first kappa shape index (κ1) is 39.8. The molecule has 282 valence electrons. The summed E-state index contributed by atoms with van der Waals surface area (Å²) in [5, 5.41) is 15.5. The number of hydrogen-bond acceptors (Lipinski definition) is 7. The van der Waals surface area contributed by atoms with Crippen LogP contribution in [0, 0.1) is 0 Å². The Morgan fingerprint density at radius 1 is 0.722 bits per heavy atom. The van der Waals surface area contributed by atoms with E-state index in [9.17, 15) is 19.5 Å². The SMILES string of the molecule is CCCCCCCOc1ccc(-c2cnc(-c3ccc(C[C@H](NC(=O)c4ccc(C(C)(C)C)s4)C(=O)N[C@@H](Cc4ccccc4)C(=O)O)cc3)nc2)cc1. The van der Waals surface area contributed by atoms with Crippen LogP contribution in [-0.2, 0) is 27.8 Å². The first-order chi connectivity index (χ1) is 26.0. The van der Waals surface area contributed by atoms with Crippen molar-refractivity contribution in [3.63, 3.8) is 0 Å². The van der Waals surface area contributed by atoms with E-state index in [0.717, 1.165) is 51.5 Å². The van der Waals surface area contributed by atoms with Crippen molar-refractivity contribution in [2.75, 3.05) is 6.61 Å². The van der Waals surface area contributed by atoms with Gasteiger partial charge in [0, 0.05) is 41.2 Å². The molecule has 5 aromatic rings. The number of carboxylic acids is 1. The second-order valence-corrected chi connectivity index (χ2v) is 15.6. The van der Waals surface area contributed by atoms with Crippen LogP contribution >= 0.6 is 11.3 Å². The number of aromatic nitrogens is 2. The molecule has 2 aromatic heterocycles. The van der Waals surface area contributed by atoms with Crippen LogP contribution in [0.5, 0.6) is 5.75 Å². The quantitative estimate of drug-likeness (QED) is 0.0765. The number of rotatable bonds is 18. The minimum Gasteiger partial charge on any atom is -0.494 e. The lowest BCUT2D eigenvalue weighted by Gasteiger charge is -2.22. The normalized spacial score (nSPS) is 12.4. The third-order valence-electron chi connectivity index (χ3n) is 9.10. The first-order valence-electron chi connectivity index (χ1n) is 18.6. The number of nitrogens with zero attached hydrogens (tertiary/aromatic N) is 2. The second-order valence-electron chi connectivity index (χ2n) is 14.5. The van der Waals surface area contributed by atoms with Gasteiger partial charge in [0.1, 0.15) is 17.8 Å². The van der Waals surface area contributed by atoms with Crippen molar-refractivity contribution in [3.8, 4) is 28.3 Å². The lowest BCUT2D eigenvalue weighted by Crippen LogP contribution is -2.53. The van der Waals surface area contributed by atoms with Crippen molar-refractivity contribution in [1.82, 2.24) is 20.6 Å². The summed E-state index contributed by atoms with van der Waals surface area (Å²) in [7, 11) is 0. The summed E-state index contributed by atoms with van der Waals surface area (Å²) >= 11 is 1.38. The largest absolute Gasteiger partial charge is 0.494 e. The van der Waals surface area contributed by atoms with Gasteiger partial charge in [-0.3, -0.25) is 9.59 Å². The Kier molecular flexibility index (Phi) is 14.1. The number of unbranched alkanes of at least 4 members (excludes halogenated alkanes) is 4. The molecule has 0 aliphatic rings. The van der Waals surface area contributed by atoms with Gasteiger partial charge in [0.15, 0.2) is 5.82 Å². The summed E-state index contributed by atoms with van der Waals surface area (Å²) in [5.74, 6) is -0.732. The molecular weight excluding hydrogens is 697 g/mol. The Morgan fingerprint density at radius 3 is 1.98 bits per heavy atom. The highest BCUT2D eigenvalue weighted by atomic mass is 32.1. The Morgan fingerprint density at radius 2 is 1.35 bits per heavy atom. The number of nitrogens with one attached hydrogen (secondary N) is 2. The molecule has 9 nitrogen and oxygen atoms in total. The molecule has 2 heterocycles. The highest BCUT2D eigenvalue weighted by Gasteiger charge is 2.28. The molecule has 2 atom stereocenters. The fourth-order valence-electron chi connectivity index (χ4n) is 5.91. The minimum absolute atomic E-state index is 0.106. The molecule has 0 aliphatic heterocycles. The maximum atomic E-state index is 13.7. The minimum atomic E-state index is -1.17. The molecule has 0 unspecified atom stereocenters. The number of carbonyl (C=O) groups is 3. The highest BCUT2D eigenvalue weighted by Crippen LogP contribution is 2.30. The molecule has 3 N–H and O–H groups in total. The number of aliphatic carboxylic acids is 1. The van der Waals surface area contributed by atoms with E-state index in [0.29, 0.717) is 10.7 Å². The Balaban J connectivity index is 1.26. The van der Waals surface area contributed by atoms with Crippen LogP contribution in [0.15, 0.2) is 103 Å². The fraction of sp³-hybridized carbons (Fsp3) is 0.341. The van der Waals surface area contributed by atoms with Crippen molar-refractivity contribution in [3.05, 3.63) is 124 Å². The number of ether oxygens (including phenoxy) is 1. The van der Waals surface area contributed by atoms with Gasteiger partial charge in [-0.1, -0.05) is 120 Å². The summed E-state index contributed by atoms with van der Waals surface area (Å²) in [6.45, 7) is 9.15. The van der Waals surface area contributed by atoms with Crippen molar-refractivity contribution in [1.29, 1.82) is 0 Å². The Bertz CT molecular complexity index is 1950. The van der Waals surface area contributed by atoms with Crippen LogP contribution < -0.4 is 15.4 Å². The lowest BCUT2D eigenvalue weighted by molar-refractivity contribution is -0.142. The van der Waals surface area contributed by atoms with E-state index in [2.05, 4.69) is 48.3 Å². The fourth-order valence-corrected chi connectivity index (χ4v) is 6.88. The summed E-state index contributed by atoms with van der Waals surface area (Å²) < 4.78 is 5.90.